The predicted octanol–water partition coefficient (Wildman–Crippen LogP) is 1.71. The first-order valence-corrected chi connectivity index (χ1v) is 6.35. The second-order valence-electron chi connectivity index (χ2n) is 4.17. The summed E-state index contributed by atoms with van der Waals surface area (Å²) >= 11 is 0.870. The van der Waals surface area contributed by atoms with Crippen molar-refractivity contribution in [3.8, 4) is 0 Å². The molecule has 5 nitrogen and oxygen atoms in total. The molecule has 6 heteroatoms. The van der Waals surface area contributed by atoms with Crippen LogP contribution < -0.4 is 5.32 Å². The third-order valence-electron chi connectivity index (χ3n) is 2.50. The van der Waals surface area contributed by atoms with Gasteiger partial charge in [-0.1, -0.05) is 12.1 Å². The van der Waals surface area contributed by atoms with Crippen LogP contribution in [-0.4, -0.2) is 36.0 Å². The summed E-state index contributed by atoms with van der Waals surface area (Å²) < 4.78 is 0. The second-order valence-corrected chi connectivity index (χ2v) is 5.19. The van der Waals surface area contributed by atoms with E-state index in [4.69, 9.17) is 0 Å². The van der Waals surface area contributed by atoms with Crippen molar-refractivity contribution in [1.82, 2.24) is 10.2 Å². The van der Waals surface area contributed by atoms with Crippen LogP contribution in [0.25, 0.3) is 6.08 Å². The summed E-state index contributed by atoms with van der Waals surface area (Å²) in [5.74, 6) is -0.467. The zero-order valence-electron chi connectivity index (χ0n) is 10.5. The fraction of sp³-hybridized carbons (Fsp3) is 0.154. The standard InChI is InChI=1S/C13H12N2O3S/c1-15(2)12(17)9-5-3-8(4-6-9)7-10-11(16)14-13(18)19-10/h3-7H,1-2H3,(H,14,16,18)/b10-7-. The van der Waals surface area contributed by atoms with Crippen molar-refractivity contribution in [3.05, 3.63) is 40.3 Å². The fourth-order valence-electron chi connectivity index (χ4n) is 1.55. The Labute approximate surface area is 114 Å². The minimum atomic E-state index is -0.386. The van der Waals surface area contributed by atoms with Gasteiger partial charge in [0.1, 0.15) is 0 Å². The average Bonchev–Trinajstić information content (AvgIpc) is 2.68. The molecule has 1 aliphatic rings. The van der Waals surface area contributed by atoms with E-state index >= 15 is 0 Å². The molecule has 1 aromatic carbocycles. The number of thioether (sulfide) groups is 1. The van der Waals surface area contributed by atoms with Crippen LogP contribution in [0, 0.1) is 0 Å². The topological polar surface area (TPSA) is 66.5 Å². The van der Waals surface area contributed by atoms with E-state index in [2.05, 4.69) is 5.32 Å². The third-order valence-corrected chi connectivity index (χ3v) is 3.31. The normalized spacial score (nSPS) is 16.6. The van der Waals surface area contributed by atoms with Crippen LogP contribution in [0.4, 0.5) is 4.79 Å². The fourth-order valence-corrected chi connectivity index (χ4v) is 2.23. The number of imide groups is 1. The van der Waals surface area contributed by atoms with Gasteiger partial charge in [0.2, 0.25) is 0 Å². The van der Waals surface area contributed by atoms with E-state index in [1.165, 1.54) is 4.90 Å². The summed E-state index contributed by atoms with van der Waals surface area (Å²) in [7, 11) is 3.37. The summed E-state index contributed by atoms with van der Waals surface area (Å²) in [4.78, 5) is 35.9. The molecule has 0 spiro atoms. The molecule has 0 radical (unpaired) electrons. The van der Waals surface area contributed by atoms with Crippen molar-refractivity contribution in [3.63, 3.8) is 0 Å². The molecular weight excluding hydrogens is 264 g/mol. The van der Waals surface area contributed by atoms with Crippen molar-refractivity contribution in [2.45, 2.75) is 0 Å². The maximum absolute atomic E-state index is 11.7. The van der Waals surface area contributed by atoms with Gasteiger partial charge < -0.3 is 4.90 Å². The van der Waals surface area contributed by atoms with Gasteiger partial charge in [0.15, 0.2) is 0 Å². The lowest BCUT2D eigenvalue weighted by molar-refractivity contribution is -0.115. The van der Waals surface area contributed by atoms with Gasteiger partial charge in [-0.2, -0.15) is 0 Å². The van der Waals surface area contributed by atoms with Crippen LogP contribution >= 0.6 is 11.8 Å². The molecule has 1 fully saturated rings. The number of hydrogen-bond donors (Lipinski definition) is 1. The van der Waals surface area contributed by atoms with E-state index in [9.17, 15) is 14.4 Å². The first-order chi connectivity index (χ1) is 8.97. The Morgan fingerprint density at radius 2 is 1.84 bits per heavy atom. The molecule has 0 aliphatic carbocycles. The maximum atomic E-state index is 11.7. The molecule has 0 bridgehead atoms. The Bertz CT molecular complexity index is 576. The van der Waals surface area contributed by atoms with Crippen molar-refractivity contribution in [1.29, 1.82) is 0 Å². The van der Waals surface area contributed by atoms with E-state index in [1.54, 1.807) is 44.4 Å². The van der Waals surface area contributed by atoms with Gasteiger partial charge in [-0.25, -0.2) is 0 Å². The highest BCUT2D eigenvalue weighted by atomic mass is 32.2. The van der Waals surface area contributed by atoms with Crippen LogP contribution in [0.2, 0.25) is 0 Å². The number of hydrogen-bond acceptors (Lipinski definition) is 4. The minimum absolute atomic E-state index is 0.0811. The van der Waals surface area contributed by atoms with Crippen molar-refractivity contribution >= 4 is 34.9 Å². The molecule has 1 saturated heterocycles. The molecular formula is C13H12N2O3S. The first-order valence-electron chi connectivity index (χ1n) is 5.54. The Kier molecular flexibility index (Phi) is 3.71. The number of rotatable bonds is 2. The Balaban J connectivity index is 2.20. The quantitative estimate of drug-likeness (QED) is 0.835. The maximum Gasteiger partial charge on any atom is 0.290 e. The second kappa shape index (κ2) is 5.27. The Morgan fingerprint density at radius 1 is 1.21 bits per heavy atom. The molecule has 1 heterocycles. The van der Waals surface area contributed by atoms with E-state index in [0.717, 1.165) is 17.3 Å². The number of nitrogens with zero attached hydrogens (tertiary/aromatic N) is 1. The molecule has 1 N–H and O–H groups in total. The van der Waals surface area contributed by atoms with Crippen molar-refractivity contribution < 1.29 is 14.4 Å². The van der Waals surface area contributed by atoms with Crippen LogP contribution in [0.5, 0.6) is 0 Å². The summed E-state index contributed by atoms with van der Waals surface area (Å²) in [5, 5.41) is 1.82. The number of nitrogens with one attached hydrogen (secondary N) is 1. The highest BCUT2D eigenvalue weighted by Gasteiger charge is 2.24. The van der Waals surface area contributed by atoms with Crippen LogP contribution in [0.3, 0.4) is 0 Å². The van der Waals surface area contributed by atoms with E-state index in [1.807, 2.05) is 0 Å². The minimum Gasteiger partial charge on any atom is -0.345 e. The number of carbonyl (C=O) groups is 3. The predicted molar refractivity (Wildman–Crippen MR) is 73.6 cm³/mol. The van der Waals surface area contributed by atoms with Gasteiger partial charge in [-0.15, -0.1) is 0 Å². The highest BCUT2D eigenvalue weighted by Crippen LogP contribution is 2.25. The Morgan fingerprint density at radius 3 is 2.32 bits per heavy atom. The first kappa shape index (κ1) is 13.4. The lowest BCUT2D eigenvalue weighted by Gasteiger charge is -2.09. The lowest BCUT2D eigenvalue weighted by atomic mass is 10.1. The largest absolute Gasteiger partial charge is 0.345 e. The van der Waals surface area contributed by atoms with Gasteiger partial charge in [-0.05, 0) is 35.5 Å². The van der Waals surface area contributed by atoms with Gasteiger partial charge in [0.25, 0.3) is 17.1 Å². The van der Waals surface area contributed by atoms with Gasteiger partial charge in [-0.3, -0.25) is 19.7 Å². The zero-order chi connectivity index (χ0) is 14.0. The lowest BCUT2D eigenvalue weighted by Crippen LogP contribution is -2.21. The summed E-state index contributed by atoms with van der Waals surface area (Å²) in [6.07, 6.45) is 1.62. The van der Waals surface area contributed by atoms with E-state index < -0.39 is 0 Å². The highest BCUT2D eigenvalue weighted by molar-refractivity contribution is 8.18. The summed E-state index contributed by atoms with van der Waals surface area (Å²) in [6, 6.07) is 6.85. The molecule has 19 heavy (non-hydrogen) atoms. The SMILES string of the molecule is CN(C)C(=O)c1ccc(/C=C2\SC(=O)NC2=O)cc1. The smallest absolute Gasteiger partial charge is 0.290 e. The summed E-state index contributed by atoms with van der Waals surface area (Å²) in [5.41, 5.74) is 1.34. The van der Waals surface area contributed by atoms with Crippen molar-refractivity contribution in [2.24, 2.45) is 0 Å². The molecule has 98 valence electrons. The molecule has 2 rings (SSSR count). The third kappa shape index (κ3) is 3.03. The molecule has 0 unspecified atom stereocenters. The van der Waals surface area contributed by atoms with Gasteiger partial charge in [0, 0.05) is 19.7 Å². The molecule has 1 aliphatic heterocycles. The van der Waals surface area contributed by atoms with Crippen LogP contribution in [0.1, 0.15) is 15.9 Å². The molecule has 0 aromatic heterocycles. The number of amides is 3. The average molecular weight is 276 g/mol. The molecule has 1 aromatic rings. The molecule has 3 amide bonds. The zero-order valence-corrected chi connectivity index (χ0v) is 11.3. The molecule has 0 saturated carbocycles. The van der Waals surface area contributed by atoms with Gasteiger partial charge >= 0.3 is 0 Å². The van der Waals surface area contributed by atoms with Crippen molar-refractivity contribution in [2.75, 3.05) is 14.1 Å². The van der Waals surface area contributed by atoms with Crippen LogP contribution in [0.15, 0.2) is 29.2 Å². The van der Waals surface area contributed by atoms with Gasteiger partial charge in [0.05, 0.1) is 4.91 Å². The van der Waals surface area contributed by atoms with E-state index in [0.29, 0.717) is 10.5 Å². The Hall–Kier alpha value is -2.08. The monoisotopic (exact) mass is 276 g/mol. The number of carbonyl (C=O) groups excluding carboxylic acids is 3. The molecule has 0 atom stereocenters. The van der Waals surface area contributed by atoms with Crippen LogP contribution in [-0.2, 0) is 4.79 Å². The summed E-state index contributed by atoms with van der Waals surface area (Å²) in [6.45, 7) is 0. The van der Waals surface area contributed by atoms with E-state index in [-0.39, 0.29) is 17.1 Å². The number of benzene rings is 1.